The number of rotatable bonds is 9. The Morgan fingerprint density at radius 3 is 2.47 bits per heavy atom. The van der Waals surface area contributed by atoms with Crippen molar-refractivity contribution in [3.63, 3.8) is 0 Å². The van der Waals surface area contributed by atoms with Crippen LogP contribution in [-0.4, -0.2) is 19.8 Å². The Morgan fingerprint density at radius 2 is 1.88 bits per heavy atom. The van der Waals surface area contributed by atoms with E-state index in [4.69, 9.17) is 18.0 Å². The van der Waals surface area contributed by atoms with Crippen LogP contribution in [0.2, 0.25) is 0 Å². The molecule has 0 amide bonds. The molecule has 0 unspecified atom stereocenters. The van der Waals surface area contributed by atoms with Crippen molar-refractivity contribution < 1.29 is 0 Å². The molecule has 0 aliphatic rings. The first-order valence-electron chi connectivity index (χ1n) is 6.43. The zero-order chi connectivity index (χ0) is 12.5. The minimum atomic E-state index is 0.267. The Labute approximate surface area is 109 Å². The molecule has 0 atom stereocenters. The molecule has 4 nitrogen and oxygen atoms in total. The monoisotopic (exact) mass is 254 g/mol. The number of aryl methyl sites for hydroxylation is 1. The fourth-order valence-electron chi connectivity index (χ4n) is 1.75. The molecule has 0 bridgehead atoms. The Bertz CT molecular complexity index is 335. The number of nitrogens with two attached hydrogens (primary N) is 1. The Hall–Kier alpha value is -0.970. The molecule has 17 heavy (non-hydrogen) atoms. The highest BCUT2D eigenvalue weighted by Crippen LogP contribution is 2.07. The molecule has 0 spiro atoms. The fourth-order valence-corrected chi connectivity index (χ4v) is 1.84. The second-order valence-electron chi connectivity index (χ2n) is 4.32. The van der Waals surface area contributed by atoms with Crippen LogP contribution >= 0.6 is 12.2 Å². The van der Waals surface area contributed by atoms with Gasteiger partial charge in [-0.1, -0.05) is 57.7 Å². The second-order valence-corrected chi connectivity index (χ2v) is 4.76. The zero-order valence-corrected chi connectivity index (χ0v) is 11.4. The summed E-state index contributed by atoms with van der Waals surface area (Å²) in [6.45, 7) is 3.15. The van der Waals surface area contributed by atoms with Gasteiger partial charge in [0.2, 0.25) is 5.82 Å². The molecule has 1 aromatic heterocycles. The van der Waals surface area contributed by atoms with Gasteiger partial charge < -0.3 is 5.73 Å². The third-order valence-corrected chi connectivity index (χ3v) is 2.93. The third-order valence-electron chi connectivity index (χ3n) is 2.75. The summed E-state index contributed by atoms with van der Waals surface area (Å²) in [7, 11) is 0. The molecule has 0 saturated heterocycles. The number of nitrogens with zero attached hydrogens (tertiary/aromatic N) is 3. The topological polar surface area (TPSA) is 56.7 Å². The number of unbranched alkanes of at least 4 members (excludes halogenated alkanes) is 6. The summed E-state index contributed by atoms with van der Waals surface area (Å²) in [5, 5.41) is 4.20. The van der Waals surface area contributed by atoms with Crippen molar-refractivity contribution >= 4 is 17.2 Å². The molecule has 0 radical (unpaired) electrons. The molecule has 0 fully saturated rings. The first-order chi connectivity index (χ1) is 8.24. The third kappa shape index (κ3) is 5.77. The summed E-state index contributed by atoms with van der Waals surface area (Å²) < 4.78 is 1.82. The average molecular weight is 254 g/mol. The van der Waals surface area contributed by atoms with E-state index >= 15 is 0 Å². The van der Waals surface area contributed by atoms with Crippen LogP contribution in [-0.2, 0) is 6.54 Å². The first-order valence-corrected chi connectivity index (χ1v) is 6.84. The van der Waals surface area contributed by atoms with Gasteiger partial charge in [0.05, 0.1) is 0 Å². The summed E-state index contributed by atoms with van der Waals surface area (Å²) in [6, 6.07) is 0. The molecule has 0 aliphatic carbocycles. The maximum Gasteiger partial charge on any atom is 0.208 e. The molecule has 0 aromatic carbocycles. The van der Waals surface area contributed by atoms with E-state index in [9.17, 15) is 0 Å². The van der Waals surface area contributed by atoms with E-state index in [2.05, 4.69) is 17.0 Å². The maximum absolute atomic E-state index is 5.44. The highest BCUT2D eigenvalue weighted by Gasteiger charge is 2.02. The van der Waals surface area contributed by atoms with E-state index in [0.29, 0.717) is 5.82 Å². The predicted molar refractivity (Wildman–Crippen MR) is 73.9 cm³/mol. The number of aromatic nitrogens is 3. The maximum atomic E-state index is 5.44. The lowest BCUT2D eigenvalue weighted by Gasteiger charge is -2.01. The van der Waals surface area contributed by atoms with Crippen molar-refractivity contribution in [2.24, 2.45) is 5.73 Å². The van der Waals surface area contributed by atoms with E-state index in [-0.39, 0.29) is 4.99 Å². The molecule has 5 heteroatoms. The van der Waals surface area contributed by atoms with Crippen molar-refractivity contribution in [3.05, 3.63) is 12.2 Å². The number of hydrogen-bond acceptors (Lipinski definition) is 3. The lowest BCUT2D eigenvalue weighted by molar-refractivity contribution is 0.522. The van der Waals surface area contributed by atoms with Gasteiger partial charge in [0.25, 0.3) is 0 Å². The van der Waals surface area contributed by atoms with Crippen LogP contribution in [0.25, 0.3) is 0 Å². The van der Waals surface area contributed by atoms with Crippen LogP contribution in [0.15, 0.2) is 6.33 Å². The SMILES string of the molecule is CCCCCCCCCn1cnc(C(N)=S)n1. The van der Waals surface area contributed by atoms with E-state index in [1.165, 1.54) is 38.5 Å². The number of hydrogen-bond donors (Lipinski definition) is 1. The van der Waals surface area contributed by atoms with Crippen molar-refractivity contribution in [3.8, 4) is 0 Å². The van der Waals surface area contributed by atoms with Crippen LogP contribution in [0.1, 0.15) is 57.7 Å². The van der Waals surface area contributed by atoms with Gasteiger partial charge in [0, 0.05) is 6.54 Å². The molecule has 0 saturated carbocycles. The summed E-state index contributed by atoms with van der Waals surface area (Å²) in [6.07, 6.45) is 10.8. The van der Waals surface area contributed by atoms with Crippen molar-refractivity contribution in [1.29, 1.82) is 0 Å². The molecule has 1 aromatic rings. The molecule has 2 N–H and O–H groups in total. The molecule has 0 aliphatic heterocycles. The van der Waals surface area contributed by atoms with E-state index < -0.39 is 0 Å². The van der Waals surface area contributed by atoms with Gasteiger partial charge in [-0.3, -0.25) is 4.68 Å². The van der Waals surface area contributed by atoms with Crippen LogP contribution in [0.3, 0.4) is 0 Å². The lowest BCUT2D eigenvalue weighted by Crippen LogP contribution is -2.12. The fraction of sp³-hybridized carbons (Fsp3) is 0.750. The second kappa shape index (κ2) is 8.17. The normalized spacial score (nSPS) is 10.6. The van der Waals surface area contributed by atoms with Crippen LogP contribution in [0.5, 0.6) is 0 Å². The molecule has 96 valence electrons. The largest absolute Gasteiger partial charge is 0.387 e. The minimum absolute atomic E-state index is 0.267. The van der Waals surface area contributed by atoms with Gasteiger partial charge in [-0.2, -0.15) is 0 Å². The van der Waals surface area contributed by atoms with Gasteiger partial charge >= 0.3 is 0 Å². The van der Waals surface area contributed by atoms with Crippen molar-refractivity contribution in [1.82, 2.24) is 14.8 Å². The summed E-state index contributed by atoms with van der Waals surface area (Å²) in [5.74, 6) is 0.475. The summed E-state index contributed by atoms with van der Waals surface area (Å²) >= 11 is 4.81. The predicted octanol–water partition coefficient (Wildman–Crippen LogP) is 2.66. The summed E-state index contributed by atoms with van der Waals surface area (Å²) in [4.78, 5) is 4.31. The van der Waals surface area contributed by atoms with Crippen molar-refractivity contribution in [2.75, 3.05) is 0 Å². The van der Waals surface area contributed by atoms with Crippen LogP contribution < -0.4 is 5.73 Å². The average Bonchev–Trinajstić information content (AvgIpc) is 2.77. The molecule has 1 heterocycles. The van der Waals surface area contributed by atoms with Crippen LogP contribution in [0.4, 0.5) is 0 Å². The number of thiocarbonyl (C=S) groups is 1. The summed E-state index contributed by atoms with van der Waals surface area (Å²) in [5.41, 5.74) is 5.44. The van der Waals surface area contributed by atoms with Gasteiger partial charge in [-0.15, -0.1) is 5.10 Å². The van der Waals surface area contributed by atoms with E-state index in [0.717, 1.165) is 13.0 Å². The van der Waals surface area contributed by atoms with Gasteiger partial charge in [0.15, 0.2) is 0 Å². The zero-order valence-electron chi connectivity index (χ0n) is 10.6. The molecular weight excluding hydrogens is 232 g/mol. The Balaban J connectivity index is 2.07. The van der Waals surface area contributed by atoms with Gasteiger partial charge in [0.1, 0.15) is 11.3 Å². The quantitative estimate of drug-likeness (QED) is 0.544. The van der Waals surface area contributed by atoms with Crippen LogP contribution in [0, 0.1) is 0 Å². The minimum Gasteiger partial charge on any atom is -0.387 e. The van der Waals surface area contributed by atoms with E-state index in [1.807, 2.05) is 4.68 Å². The van der Waals surface area contributed by atoms with Crippen molar-refractivity contribution in [2.45, 2.75) is 58.4 Å². The Morgan fingerprint density at radius 1 is 1.24 bits per heavy atom. The van der Waals surface area contributed by atoms with E-state index in [1.54, 1.807) is 6.33 Å². The molecule has 1 rings (SSSR count). The Kier molecular flexibility index (Phi) is 6.77. The standard InChI is InChI=1S/C12H22N4S/c1-2-3-4-5-6-7-8-9-16-10-14-12(15-16)11(13)17/h10H,2-9H2,1H3,(H2,13,17). The highest BCUT2D eigenvalue weighted by molar-refractivity contribution is 7.80. The van der Waals surface area contributed by atoms with Gasteiger partial charge in [-0.05, 0) is 6.42 Å². The van der Waals surface area contributed by atoms with Gasteiger partial charge in [-0.25, -0.2) is 4.98 Å². The molecular formula is C12H22N4S. The first kappa shape index (κ1) is 14.1. The smallest absolute Gasteiger partial charge is 0.208 e. The lowest BCUT2D eigenvalue weighted by atomic mass is 10.1. The highest BCUT2D eigenvalue weighted by atomic mass is 32.1.